The van der Waals surface area contributed by atoms with Crippen LogP contribution in [0.15, 0.2) is 30.3 Å². The second kappa shape index (κ2) is 5.13. The van der Waals surface area contributed by atoms with Crippen LogP contribution in [0.5, 0.6) is 0 Å². The monoisotopic (exact) mass is 273 g/mol. The molecule has 1 aromatic carbocycles. The molecule has 0 amide bonds. The minimum Gasteiger partial charge on any atom is -0.477 e. The number of thiazole rings is 1. The van der Waals surface area contributed by atoms with Gasteiger partial charge in [0.2, 0.25) is 0 Å². The van der Waals surface area contributed by atoms with Gasteiger partial charge in [0.05, 0.1) is 10.7 Å². The molecule has 0 aliphatic heterocycles. The van der Waals surface area contributed by atoms with Crippen LogP contribution in [0, 0.1) is 0 Å². The van der Waals surface area contributed by atoms with Crippen molar-refractivity contribution in [2.45, 2.75) is 31.6 Å². The number of rotatable bonds is 4. The molecule has 1 aliphatic carbocycles. The Morgan fingerprint density at radius 3 is 2.63 bits per heavy atom. The lowest BCUT2D eigenvalue weighted by Crippen LogP contribution is -2.12. The fourth-order valence-electron chi connectivity index (χ4n) is 2.34. The maximum Gasteiger partial charge on any atom is 0.347 e. The zero-order valence-electron chi connectivity index (χ0n) is 10.5. The van der Waals surface area contributed by atoms with E-state index >= 15 is 0 Å². The Morgan fingerprint density at radius 1 is 1.32 bits per heavy atom. The maximum absolute atomic E-state index is 11.3. The first-order valence-corrected chi connectivity index (χ1v) is 7.32. The van der Waals surface area contributed by atoms with Crippen LogP contribution < -0.4 is 0 Å². The van der Waals surface area contributed by atoms with E-state index in [1.807, 2.05) is 30.3 Å². The summed E-state index contributed by atoms with van der Waals surface area (Å²) in [5.74, 6) is -0.467. The van der Waals surface area contributed by atoms with E-state index in [1.165, 1.54) is 23.3 Å². The van der Waals surface area contributed by atoms with Crippen LogP contribution in [0.1, 0.15) is 51.1 Å². The summed E-state index contributed by atoms with van der Waals surface area (Å²) in [4.78, 5) is 16.3. The zero-order valence-corrected chi connectivity index (χ0v) is 11.3. The van der Waals surface area contributed by atoms with Gasteiger partial charge in [-0.2, -0.15) is 0 Å². The third-order valence-corrected chi connectivity index (χ3v) is 4.64. The number of carboxylic acids is 1. The first-order valence-electron chi connectivity index (χ1n) is 6.51. The third kappa shape index (κ3) is 2.54. The van der Waals surface area contributed by atoms with Crippen LogP contribution >= 0.6 is 11.3 Å². The van der Waals surface area contributed by atoms with E-state index < -0.39 is 5.97 Å². The predicted octanol–water partition coefficient (Wildman–Crippen LogP) is 3.70. The van der Waals surface area contributed by atoms with Crippen molar-refractivity contribution in [3.8, 4) is 0 Å². The Kier molecular flexibility index (Phi) is 3.34. The van der Waals surface area contributed by atoms with E-state index in [0.717, 1.165) is 30.0 Å². The normalized spacial score (nSPS) is 15.2. The standard InChI is InChI=1S/C15H15NO2S/c17-15(18)14-13(11-7-4-8-11)16-12(19-14)9-10-5-2-1-3-6-10/h1-3,5-6,11H,4,7-9H2,(H,17,18). The molecule has 0 atom stereocenters. The van der Waals surface area contributed by atoms with Gasteiger partial charge in [-0.3, -0.25) is 0 Å². The Hall–Kier alpha value is -1.68. The fraction of sp³-hybridized carbons (Fsp3) is 0.333. The van der Waals surface area contributed by atoms with Gasteiger partial charge in [-0.05, 0) is 18.4 Å². The summed E-state index contributed by atoms with van der Waals surface area (Å²) in [5, 5.41) is 10.2. The van der Waals surface area contributed by atoms with Gasteiger partial charge in [0.15, 0.2) is 0 Å². The first kappa shape index (κ1) is 12.4. The number of hydrogen-bond acceptors (Lipinski definition) is 3. The van der Waals surface area contributed by atoms with Crippen LogP contribution in [0.2, 0.25) is 0 Å². The molecule has 0 unspecified atom stereocenters. The number of carbonyl (C=O) groups is 1. The number of carboxylic acid groups (broad SMARTS) is 1. The number of aromatic carboxylic acids is 1. The molecule has 1 fully saturated rings. The molecule has 1 N–H and O–H groups in total. The highest BCUT2D eigenvalue weighted by molar-refractivity contribution is 7.13. The summed E-state index contributed by atoms with van der Waals surface area (Å²) in [6, 6.07) is 10.1. The molecule has 3 rings (SSSR count). The van der Waals surface area contributed by atoms with Gasteiger partial charge < -0.3 is 5.11 Å². The number of benzene rings is 1. The second-order valence-corrected chi connectivity index (χ2v) is 6.00. The lowest BCUT2D eigenvalue weighted by Gasteiger charge is -2.23. The summed E-state index contributed by atoms with van der Waals surface area (Å²) in [5.41, 5.74) is 1.99. The highest BCUT2D eigenvalue weighted by atomic mass is 32.1. The molecule has 1 aliphatic rings. The van der Waals surface area contributed by atoms with E-state index in [2.05, 4.69) is 4.98 Å². The third-order valence-electron chi connectivity index (χ3n) is 3.58. The lowest BCUT2D eigenvalue weighted by atomic mass is 9.82. The van der Waals surface area contributed by atoms with E-state index in [0.29, 0.717) is 10.8 Å². The average molecular weight is 273 g/mol. The van der Waals surface area contributed by atoms with Crippen LogP contribution in [0.25, 0.3) is 0 Å². The fourth-order valence-corrected chi connectivity index (χ4v) is 3.36. The lowest BCUT2D eigenvalue weighted by molar-refractivity contribution is 0.0699. The highest BCUT2D eigenvalue weighted by Crippen LogP contribution is 2.39. The Balaban J connectivity index is 1.88. The van der Waals surface area contributed by atoms with Crippen molar-refractivity contribution in [3.05, 3.63) is 51.5 Å². The van der Waals surface area contributed by atoms with Crippen molar-refractivity contribution in [1.29, 1.82) is 0 Å². The summed E-state index contributed by atoms with van der Waals surface area (Å²) < 4.78 is 0. The molecule has 98 valence electrons. The first-order chi connectivity index (χ1) is 9.24. The largest absolute Gasteiger partial charge is 0.477 e. The molecular formula is C15H15NO2S. The molecule has 0 radical (unpaired) electrons. The van der Waals surface area contributed by atoms with E-state index in [-0.39, 0.29) is 0 Å². The van der Waals surface area contributed by atoms with Crippen molar-refractivity contribution in [1.82, 2.24) is 4.98 Å². The molecule has 0 spiro atoms. The minimum absolute atomic E-state index is 0.367. The topological polar surface area (TPSA) is 50.2 Å². The van der Waals surface area contributed by atoms with E-state index in [9.17, 15) is 9.90 Å². The quantitative estimate of drug-likeness (QED) is 0.924. The summed E-state index contributed by atoms with van der Waals surface area (Å²) in [6.07, 6.45) is 4.07. The molecule has 1 aromatic heterocycles. The number of hydrogen-bond donors (Lipinski definition) is 1. The van der Waals surface area contributed by atoms with Crippen LogP contribution in [-0.4, -0.2) is 16.1 Å². The van der Waals surface area contributed by atoms with Crippen molar-refractivity contribution in [3.63, 3.8) is 0 Å². The summed E-state index contributed by atoms with van der Waals surface area (Å²) in [7, 11) is 0. The second-order valence-electron chi connectivity index (χ2n) is 4.92. The minimum atomic E-state index is -0.835. The molecule has 4 heteroatoms. The van der Waals surface area contributed by atoms with Gasteiger partial charge >= 0.3 is 5.97 Å². The maximum atomic E-state index is 11.3. The highest BCUT2D eigenvalue weighted by Gasteiger charge is 2.28. The molecule has 0 bridgehead atoms. The van der Waals surface area contributed by atoms with Crippen LogP contribution in [0.4, 0.5) is 0 Å². The molecule has 1 saturated carbocycles. The molecule has 19 heavy (non-hydrogen) atoms. The Bertz CT molecular complexity index is 587. The summed E-state index contributed by atoms with van der Waals surface area (Å²) in [6.45, 7) is 0. The van der Waals surface area contributed by atoms with Gasteiger partial charge in [0.25, 0.3) is 0 Å². The Labute approximate surface area is 115 Å². The van der Waals surface area contributed by atoms with Crippen molar-refractivity contribution < 1.29 is 9.90 Å². The molecule has 1 heterocycles. The molecule has 2 aromatic rings. The van der Waals surface area contributed by atoms with Crippen molar-refractivity contribution >= 4 is 17.3 Å². The zero-order chi connectivity index (χ0) is 13.2. The van der Waals surface area contributed by atoms with Crippen LogP contribution in [-0.2, 0) is 6.42 Å². The molecule has 3 nitrogen and oxygen atoms in total. The SMILES string of the molecule is O=C(O)c1sc(Cc2ccccc2)nc1C1CCC1. The van der Waals surface area contributed by atoms with Gasteiger partial charge in [-0.25, -0.2) is 9.78 Å². The van der Waals surface area contributed by atoms with E-state index in [4.69, 9.17) is 0 Å². The van der Waals surface area contributed by atoms with Crippen LogP contribution in [0.3, 0.4) is 0 Å². The average Bonchev–Trinajstić information content (AvgIpc) is 2.72. The number of nitrogens with zero attached hydrogens (tertiary/aromatic N) is 1. The van der Waals surface area contributed by atoms with Gasteiger partial charge in [0.1, 0.15) is 4.88 Å². The molecule has 0 saturated heterocycles. The van der Waals surface area contributed by atoms with Gasteiger partial charge in [-0.15, -0.1) is 11.3 Å². The van der Waals surface area contributed by atoms with Crippen molar-refractivity contribution in [2.75, 3.05) is 0 Å². The van der Waals surface area contributed by atoms with Gasteiger partial charge in [-0.1, -0.05) is 36.8 Å². The summed E-state index contributed by atoms with van der Waals surface area (Å²) >= 11 is 1.33. The van der Waals surface area contributed by atoms with E-state index in [1.54, 1.807) is 0 Å². The number of aromatic nitrogens is 1. The van der Waals surface area contributed by atoms with Gasteiger partial charge in [0, 0.05) is 12.3 Å². The molecular weight excluding hydrogens is 258 g/mol. The van der Waals surface area contributed by atoms with Crippen molar-refractivity contribution in [2.24, 2.45) is 0 Å². The Morgan fingerprint density at radius 2 is 2.05 bits per heavy atom. The smallest absolute Gasteiger partial charge is 0.347 e. The predicted molar refractivity (Wildman–Crippen MR) is 74.9 cm³/mol.